The summed E-state index contributed by atoms with van der Waals surface area (Å²) in [5.41, 5.74) is 6.96. The molecule has 0 saturated carbocycles. The number of rotatable bonds is 4. The van der Waals surface area contributed by atoms with Gasteiger partial charge in [0.25, 0.3) is 0 Å². The molecule has 0 aromatic heterocycles. The monoisotopic (exact) mass is 168 g/mol. The molecule has 2 heteroatoms. The largest absolute Gasteiger partial charge is 0.330 e. The normalized spacial score (nSPS) is 19.3. The third-order valence-corrected chi connectivity index (χ3v) is 2.34. The summed E-state index contributed by atoms with van der Waals surface area (Å²) in [5.74, 6) is 0. The van der Waals surface area contributed by atoms with Gasteiger partial charge >= 0.3 is 0 Å². The first-order valence-electron chi connectivity index (χ1n) is 4.91. The molecule has 2 nitrogen and oxygen atoms in total. The molecule has 0 spiro atoms. The lowest BCUT2D eigenvalue weighted by Gasteiger charge is -2.25. The molecule has 0 saturated heterocycles. The van der Waals surface area contributed by atoms with Crippen LogP contribution in [0.5, 0.6) is 0 Å². The molecule has 2 N–H and O–H groups in total. The molecule has 0 aliphatic carbocycles. The first-order chi connectivity index (χ1) is 5.83. The second-order valence-electron chi connectivity index (χ2n) is 3.61. The molecule has 0 aromatic carbocycles. The minimum atomic E-state index is 0.836. The average molecular weight is 168 g/mol. The highest BCUT2D eigenvalue weighted by Crippen LogP contribution is 2.08. The Labute approximate surface area is 75.4 Å². The van der Waals surface area contributed by atoms with E-state index in [0.29, 0.717) is 0 Å². The molecule has 12 heavy (non-hydrogen) atoms. The predicted octanol–water partition coefficient (Wildman–Crippen LogP) is 1.38. The minimum Gasteiger partial charge on any atom is -0.330 e. The second-order valence-corrected chi connectivity index (χ2v) is 3.61. The van der Waals surface area contributed by atoms with Crippen molar-refractivity contribution in [2.24, 2.45) is 5.73 Å². The maximum Gasteiger partial charge on any atom is 0.0190 e. The van der Waals surface area contributed by atoms with Gasteiger partial charge in [0.1, 0.15) is 0 Å². The van der Waals surface area contributed by atoms with E-state index in [0.717, 1.165) is 6.54 Å². The molecule has 0 radical (unpaired) electrons. The van der Waals surface area contributed by atoms with Crippen molar-refractivity contribution >= 4 is 0 Å². The Morgan fingerprint density at radius 2 is 2.33 bits per heavy atom. The summed E-state index contributed by atoms with van der Waals surface area (Å²) >= 11 is 0. The minimum absolute atomic E-state index is 0.836. The Morgan fingerprint density at radius 3 is 3.00 bits per heavy atom. The zero-order valence-electron chi connectivity index (χ0n) is 8.05. The third-order valence-electron chi connectivity index (χ3n) is 2.34. The zero-order chi connectivity index (χ0) is 8.81. The van der Waals surface area contributed by atoms with Crippen LogP contribution in [0.1, 0.15) is 26.2 Å². The van der Waals surface area contributed by atoms with E-state index in [-0.39, 0.29) is 0 Å². The quantitative estimate of drug-likeness (QED) is 0.507. The Hall–Kier alpha value is -0.340. The third kappa shape index (κ3) is 3.37. The van der Waals surface area contributed by atoms with Gasteiger partial charge in [-0.25, -0.2) is 0 Å². The molecule has 70 valence electrons. The fourth-order valence-electron chi connectivity index (χ4n) is 1.66. The van der Waals surface area contributed by atoms with Gasteiger partial charge in [-0.1, -0.05) is 11.6 Å². The maximum atomic E-state index is 5.44. The van der Waals surface area contributed by atoms with Crippen molar-refractivity contribution in [3.8, 4) is 0 Å². The van der Waals surface area contributed by atoms with E-state index in [9.17, 15) is 0 Å². The van der Waals surface area contributed by atoms with Gasteiger partial charge in [0.2, 0.25) is 0 Å². The van der Waals surface area contributed by atoms with Gasteiger partial charge in [-0.3, -0.25) is 4.90 Å². The summed E-state index contributed by atoms with van der Waals surface area (Å²) in [6, 6.07) is 0. The molecule has 1 rings (SSSR count). The number of unbranched alkanes of at least 4 members (excludes halogenated alkanes) is 1. The van der Waals surface area contributed by atoms with Crippen molar-refractivity contribution in [1.82, 2.24) is 4.90 Å². The summed E-state index contributed by atoms with van der Waals surface area (Å²) in [6.07, 6.45) is 6.00. The number of nitrogens with zero attached hydrogens (tertiary/aromatic N) is 1. The Morgan fingerprint density at radius 1 is 1.50 bits per heavy atom. The van der Waals surface area contributed by atoms with Crippen LogP contribution in [0.3, 0.4) is 0 Å². The fraction of sp³-hybridized carbons (Fsp3) is 0.800. The van der Waals surface area contributed by atoms with Gasteiger partial charge in [0, 0.05) is 13.1 Å². The summed E-state index contributed by atoms with van der Waals surface area (Å²) in [4.78, 5) is 2.52. The molecule has 1 heterocycles. The van der Waals surface area contributed by atoms with Gasteiger partial charge in [0.15, 0.2) is 0 Å². The van der Waals surface area contributed by atoms with Crippen molar-refractivity contribution in [2.75, 3.05) is 26.2 Å². The molecule has 1 aliphatic heterocycles. The van der Waals surface area contributed by atoms with Crippen molar-refractivity contribution in [1.29, 1.82) is 0 Å². The maximum absolute atomic E-state index is 5.44. The number of hydrogen-bond donors (Lipinski definition) is 1. The van der Waals surface area contributed by atoms with Gasteiger partial charge in [0.05, 0.1) is 0 Å². The summed E-state index contributed by atoms with van der Waals surface area (Å²) in [5, 5.41) is 0. The van der Waals surface area contributed by atoms with Crippen LogP contribution in [0.4, 0.5) is 0 Å². The number of nitrogens with two attached hydrogens (primary N) is 1. The molecule has 0 fully saturated rings. The first-order valence-corrected chi connectivity index (χ1v) is 4.91. The number of hydrogen-bond acceptors (Lipinski definition) is 2. The summed E-state index contributed by atoms with van der Waals surface area (Å²) < 4.78 is 0. The molecule has 1 aliphatic rings. The van der Waals surface area contributed by atoms with Crippen LogP contribution in [0.25, 0.3) is 0 Å². The van der Waals surface area contributed by atoms with Crippen LogP contribution in [0.2, 0.25) is 0 Å². The molecule has 0 bridgehead atoms. The standard InChI is InChI=1S/C10H20N2/c1-10-5-4-8-12(9-10)7-3-2-6-11/h5H,2-4,6-9,11H2,1H3. The summed E-state index contributed by atoms with van der Waals surface area (Å²) in [7, 11) is 0. The first kappa shape index (κ1) is 9.75. The average Bonchev–Trinajstić information content (AvgIpc) is 2.05. The van der Waals surface area contributed by atoms with Crippen molar-refractivity contribution in [3.63, 3.8) is 0 Å². The van der Waals surface area contributed by atoms with Crippen molar-refractivity contribution < 1.29 is 0 Å². The van der Waals surface area contributed by atoms with Crippen LogP contribution < -0.4 is 5.73 Å². The molecule has 0 atom stereocenters. The van der Waals surface area contributed by atoms with Crippen molar-refractivity contribution in [3.05, 3.63) is 11.6 Å². The van der Waals surface area contributed by atoms with Crippen molar-refractivity contribution in [2.45, 2.75) is 26.2 Å². The van der Waals surface area contributed by atoms with E-state index in [2.05, 4.69) is 17.9 Å². The van der Waals surface area contributed by atoms with Gasteiger partial charge in [-0.05, 0) is 39.3 Å². The van der Waals surface area contributed by atoms with E-state index in [1.807, 2.05) is 0 Å². The van der Waals surface area contributed by atoms with E-state index >= 15 is 0 Å². The van der Waals surface area contributed by atoms with Gasteiger partial charge in [-0.2, -0.15) is 0 Å². The lowest BCUT2D eigenvalue weighted by atomic mass is 10.1. The Bertz CT molecular complexity index is 152. The van der Waals surface area contributed by atoms with E-state index < -0.39 is 0 Å². The highest BCUT2D eigenvalue weighted by atomic mass is 15.1. The molecule has 0 aromatic rings. The van der Waals surface area contributed by atoms with E-state index in [1.54, 1.807) is 0 Å². The molecular formula is C10H20N2. The SMILES string of the molecule is CC1=CCCN(CCCCN)C1. The van der Waals surface area contributed by atoms with Crippen LogP contribution in [-0.2, 0) is 0 Å². The highest BCUT2D eigenvalue weighted by molar-refractivity contribution is 5.04. The summed E-state index contributed by atoms with van der Waals surface area (Å²) in [6.45, 7) is 6.69. The molecular weight excluding hydrogens is 148 g/mol. The van der Waals surface area contributed by atoms with E-state index in [1.165, 1.54) is 44.5 Å². The second kappa shape index (κ2) is 5.33. The predicted molar refractivity (Wildman–Crippen MR) is 53.1 cm³/mol. The van der Waals surface area contributed by atoms with Crippen LogP contribution in [-0.4, -0.2) is 31.1 Å². The van der Waals surface area contributed by atoms with E-state index in [4.69, 9.17) is 5.73 Å². The van der Waals surface area contributed by atoms with Crippen LogP contribution >= 0.6 is 0 Å². The molecule has 0 amide bonds. The lowest BCUT2D eigenvalue weighted by Crippen LogP contribution is -2.30. The van der Waals surface area contributed by atoms with Gasteiger partial charge in [-0.15, -0.1) is 0 Å². The fourth-order valence-corrected chi connectivity index (χ4v) is 1.66. The van der Waals surface area contributed by atoms with Crippen LogP contribution in [0, 0.1) is 0 Å². The molecule has 0 unspecified atom stereocenters. The Balaban J connectivity index is 2.13. The lowest BCUT2D eigenvalue weighted by molar-refractivity contribution is 0.285. The van der Waals surface area contributed by atoms with Gasteiger partial charge < -0.3 is 5.73 Å². The smallest absolute Gasteiger partial charge is 0.0190 e. The topological polar surface area (TPSA) is 29.3 Å². The van der Waals surface area contributed by atoms with Crippen LogP contribution in [0.15, 0.2) is 11.6 Å². The Kier molecular flexibility index (Phi) is 4.33. The highest BCUT2D eigenvalue weighted by Gasteiger charge is 2.08. The zero-order valence-corrected chi connectivity index (χ0v) is 8.05.